The number of hydrogen-bond acceptors (Lipinski definition) is 4. The Morgan fingerprint density at radius 1 is 1.40 bits per heavy atom. The Hall–Kier alpha value is -2.28. The first-order valence-electron chi connectivity index (χ1n) is 5.92. The molecule has 1 unspecified atom stereocenters. The van der Waals surface area contributed by atoms with Gasteiger partial charge in [-0.3, -0.25) is 0 Å². The van der Waals surface area contributed by atoms with Gasteiger partial charge in [-0.15, -0.1) is 11.3 Å². The molecule has 0 saturated carbocycles. The smallest absolute Gasteiger partial charge is 0.331 e. The van der Waals surface area contributed by atoms with E-state index in [4.69, 9.17) is 9.52 Å². The summed E-state index contributed by atoms with van der Waals surface area (Å²) in [6.07, 6.45) is 0. The van der Waals surface area contributed by atoms with Crippen LogP contribution >= 0.6 is 11.3 Å². The largest absolute Gasteiger partial charge is 0.479 e. The average molecular weight is 294 g/mol. The Balaban J connectivity index is 1.90. The van der Waals surface area contributed by atoms with E-state index in [0.29, 0.717) is 10.6 Å². The van der Waals surface area contributed by atoms with E-state index in [1.807, 2.05) is 0 Å². The highest BCUT2D eigenvalue weighted by Gasteiger charge is 2.22. The summed E-state index contributed by atoms with van der Waals surface area (Å²) in [7, 11) is 0. The molecule has 7 heteroatoms. The van der Waals surface area contributed by atoms with E-state index < -0.39 is 18.0 Å². The Labute approximate surface area is 119 Å². The third-order valence-corrected chi connectivity index (χ3v) is 3.51. The fraction of sp³-hybridized carbons (Fsp3) is 0.231. The van der Waals surface area contributed by atoms with Crippen LogP contribution in [0.15, 0.2) is 34.1 Å². The van der Waals surface area contributed by atoms with Gasteiger partial charge in [-0.1, -0.05) is 6.07 Å². The van der Waals surface area contributed by atoms with E-state index in [2.05, 4.69) is 10.6 Å². The lowest BCUT2D eigenvalue weighted by Crippen LogP contribution is -2.40. The van der Waals surface area contributed by atoms with Crippen molar-refractivity contribution in [1.82, 2.24) is 10.6 Å². The van der Waals surface area contributed by atoms with Gasteiger partial charge >= 0.3 is 12.0 Å². The first-order valence-corrected chi connectivity index (χ1v) is 6.80. The predicted molar refractivity (Wildman–Crippen MR) is 73.5 cm³/mol. The predicted octanol–water partition coefficient (Wildman–Crippen LogP) is 2.27. The summed E-state index contributed by atoms with van der Waals surface area (Å²) in [5.74, 6) is 0.265. The Morgan fingerprint density at radius 3 is 2.75 bits per heavy atom. The second kappa shape index (κ2) is 6.25. The Kier molecular flexibility index (Phi) is 4.41. The standard InChI is InChI=1S/C13H14N2O4S/c1-8-4-5-9(19-8)7-14-13(18)15-11(12(16)17)10-3-2-6-20-10/h2-6,11H,7H2,1H3,(H,16,17)(H2,14,15,18). The third kappa shape index (κ3) is 3.61. The fourth-order valence-electron chi connectivity index (χ4n) is 1.64. The van der Waals surface area contributed by atoms with Gasteiger partial charge in [-0.25, -0.2) is 9.59 Å². The summed E-state index contributed by atoms with van der Waals surface area (Å²) in [6, 6.07) is 5.35. The summed E-state index contributed by atoms with van der Waals surface area (Å²) >= 11 is 1.28. The molecule has 2 amide bonds. The average Bonchev–Trinajstić information content (AvgIpc) is 3.04. The molecule has 1 atom stereocenters. The van der Waals surface area contributed by atoms with Crippen LogP contribution in [0.5, 0.6) is 0 Å². The highest BCUT2D eigenvalue weighted by atomic mass is 32.1. The van der Waals surface area contributed by atoms with Gasteiger partial charge < -0.3 is 20.2 Å². The summed E-state index contributed by atoms with van der Waals surface area (Å²) < 4.78 is 5.30. The van der Waals surface area contributed by atoms with Crippen molar-refractivity contribution in [1.29, 1.82) is 0 Å². The molecule has 0 aliphatic rings. The van der Waals surface area contributed by atoms with Crippen molar-refractivity contribution >= 4 is 23.3 Å². The van der Waals surface area contributed by atoms with Crippen LogP contribution in [-0.4, -0.2) is 17.1 Å². The molecule has 106 valence electrons. The van der Waals surface area contributed by atoms with Gasteiger partial charge in [0.05, 0.1) is 6.54 Å². The summed E-state index contributed by atoms with van der Waals surface area (Å²) in [6.45, 7) is 2.01. The molecule has 0 bridgehead atoms. The molecule has 0 saturated heterocycles. The van der Waals surface area contributed by atoms with Gasteiger partial charge in [0.15, 0.2) is 6.04 Å². The highest BCUT2D eigenvalue weighted by Crippen LogP contribution is 2.19. The number of aryl methyl sites for hydroxylation is 1. The molecule has 6 nitrogen and oxygen atoms in total. The lowest BCUT2D eigenvalue weighted by Gasteiger charge is -2.13. The number of furan rings is 1. The molecule has 0 fully saturated rings. The maximum absolute atomic E-state index is 11.7. The maximum Gasteiger partial charge on any atom is 0.331 e. The number of carboxylic acid groups (broad SMARTS) is 1. The normalized spacial score (nSPS) is 11.8. The van der Waals surface area contributed by atoms with Crippen LogP contribution in [0.25, 0.3) is 0 Å². The summed E-state index contributed by atoms with van der Waals surface area (Å²) in [5, 5.41) is 15.9. The fourth-order valence-corrected chi connectivity index (χ4v) is 2.41. The molecular weight excluding hydrogens is 280 g/mol. The quantitative estimate of drug-likeness (QED) is 0.789. The number of nitrogens with one attached hydrogen (secondary N) is 2. The van der Waals surface area contributed by atoms with Crippen LogP contribution in [0.3, 0.4) is 0 Å². The molecule has 2 aromatic heterocycles. The molecule has 0 radical (unpaired) electrons. The lowest BCUT2D eigenvalue weighted by molar-refractivity contribution is -0.139. The molecule has 2 rings (SSSR count). The number of amides is 2. The van der Waals surface area contributed by atoms with E-state index in [9.17, 15) is 9.59 Å². The molecule has 20 heavy (non-hydrogen) atoms. The molecular formula is C13H14N2O4S. The van der Waals surface area contributed by atoms with E-state index in [0.717, 1.165) is 5.76 Å². The zero-order valence-electron chi connectivity index (χ0n) is 10.8. The number of carboxylic acids is 1. The van der Waals surface area contributed by atoms with Crippen molar-refractivity contribution in [2.75, 3.05) is 0 Å². The number of aliphatic carboxylic acids is 1. The van der Waals surface area contributed by atoms with Gasteiger partial charge in [-0.05, 0) is 30.5 Å². The van der Waals surface area contributed by atoms with Crippen molar-refractivity contribution in [3.63, 3.8) is 0 Å². The monoisotopic (exact) mass is 294 g/mol. The van der Waals surface area contributed by atoms with Crippen molar-refractivity contribution in [3.05, 3.63) is 46.0 Å². The molecule has 0 aromatic carbocycles. The molecule has 2 heterocycles. The minimum Gasteiger partial charge on any atom is -0.479 e. The lowest BCUT2D eigenvalue weighted by atomic mass is 10.2. The number of thiophene rings is 1. The van der Waals surface area contributed by atoms with Gasteiger partial charge in [0, 0.05) is 4.88 Å². The number of hydrogen-bond donors (Lipinski definition) is 3. The van der Waals surface area contributed by atoms with Crippen molar-refractivity contribution in [2.45, 2.75) is 19.5 Å². The van der Waals surface area contributed by atoms with E-state index in [-0.39, 0.29) is 6.54 Å². The van der Waals surface area contributed by atoms with Crippen molar-refractivity contribution < 1.29 is 19.1 Å². The zero-order chi connectivity index (χ0) is 14.5. The molecule has 0 aliphatic heterocycles. The topological polar surface area (TPSA) is 91.6 Å². The van der Waals surface area contributed by atoms with Crippen LogP contribution in [-0.2, 0) is 11.3 Å². The maximum atomic E-state index is 11.7. The van der Waals surface area contributed by atoms with E-state index >= 15 is 0 Å². The SMILES string of the molecule is Cc1ccc(CNC(=O)NC(C(=O)O)c2cccs2)o1. The molecule has 2 aromatic rings. The van der Waals surface area contributed by atoms with Crippen LogP contribution in [0.1, 0.15) is 22.4 Å². The highest BCUT2D eigenvalue weighted by molar-refractivity contribution is 7.10. The minimum absolute atomic E-state index is 0.205. The van der Waals surface area contributed by atoms with Crippen LogP contribution in [0.4, 0.5) is 4.79 Å². The first kappa shape index (κ1) is 14.1. The van der Waals surface area contributed by atoms with Gasteiger partial charge in [0.25, 0.3) is 0 Å². The van der Waals surface area contributed by atoms with Crippen molar-refractivity contribution in [3.8, 4) is 0 Å². The second-order valence-corrected chi connectivity index (χ2v) is 5.11. The first-order chi connectivity index (χ1) is 9.56. The van der Waals surface area contributed by atoms with Crippen LogP contribution in [0, 0.1) is 6.92 Å². The minimum atomic E-state index is -1.10. The summed E-state index contributed by atoms with van der Waals surface area (Å²) in [5.41, 5.74) is 0. The van der Waals surface area contributed by atoms with Crippen LogP contribution in [0.2, 0.25) is 0 Å². The van der Waals surface area contributed by atoms with E-state index in [1.54, 1.807) is 36.6 Å². The Bertz CT molecular complexity index is 591. The second-order valence-electron chi connectivity index (χ2n) is 4.13. The molecule has 3 N–H and O–H groups in total. The van der Waals surface area contributed by atoms with Gasteiger partial charge in [0.1, 0.15) is 11.5 Å². The van der Waals surface area contributed by atoms with Crippen molar-refractivity contribution in [2.24, 2.45) is 0 Å². The zero-order valence-corrected chi connectivity index (χ0v) is 11.6. The number of rotatable bonds is 5. The number of carbonyl (C=O) groups is 2. The van der Waals surface area contributed by atoms with E-state index in [1.165, 1.54) is 11.3 Å². The van der Waals surface area contributed by atoms with Crippen LogP contribution < -0.4 is 10.6 Å². The molecule has 0 spiro atoms. The van der Waals surface area contributed by atoms with Gasteiger partial charge in [0.2, 0.25) is 0 Å². The number of carbonyl (C=O) groups excluding carboxylic acids is 1. The summed E-state index contributed by atoms with van der Waals surface area (Å²) in [4.78, 5) is 23.4. The third-order valence-electron chi connectivity index (χ3n) is 2.57. The Morgan fingerprint density at radius 2 is 2.20 bits per heavy atom. The van der Waals surface area contributed by atoms with Gasteiger partial charge in [-0.2, -0.15) is 0 Å². The molecule has 0 aliphatic carbocycles. The number of urea groups is 1.